The third-order valence-corrected chi connectivity index (χ3v) is 7.78. The van der Waals surface area contributed by atoms with E-state index in [0.717, 1.165) is 0 Å². The van der Waals surface area contributed by atoms with Crippen molar-refractivity contribution >= 4 is 39.5 Å². The van der Waals surface area contributed by atoms with E-state index >= 15 is 4.39 Å². The number of alkyl halides is 3. The monoisotopic (exact) mass is 533 g/mol. The molecule has 1 saturated carbocycles. The van der Waals surface area contributed by atoms with Gasteiger partial charge in [0.15, 0.2) is 23.7 Å². The third kappa shape index (κ3) is 4.27. The van der Waals surface area contributed by atoms with E-state index in [4.69, 9.17) is 16.9 Å². The SMILES string of the molecule is C#CCOc1cnc2c(Nc3cnc(F)c([C@@]4(C)N=C(N)S[C@]5([C@H](O)C(F)(F)F)C[C@H]54)c3)nccc2n1. The number of aromatic nitrogens is 4. The molecular formula is C23H19F4N7O2S. The molecule has 1 aliphatic heterocycles. The number of halogens is 4. The first kappa shape index (κ1) is 25.0. The number of nitrogens with zero attached hydrogens (tertiary/aromatic N) is 5. The zero-order valence-corrected chi connectivity index (χ0v) is 19.9. The molecule has 0 bridgehead atoms. The second kappa shape index (κ2) is 8.70. The minimum absolute atomic E-state index is 0.0208. The number of amidine groups is 1. The summed E-state index contributed by atoms with van der Waals surface area (Å²) >= 11 is 0.668. The van der Waals surface area contributed by atoms with Gasteiger partial charge in [-0.1, -0.05) is 17.7 Å². The number of aliphatic hydroxyl groups is 1. The van der Waals surface area contributed by atoms with Crippen LogP contribution in [0, 0.1) is 24.2 Å². The van der Waals surface area contributed by atoms with Crippen LogP contribution in [0.25, 0.3) is 11.0 Å². The number of rotatable bonds is 6. The van der Waals surface area contributed by atoms with Gasteiger partial charge in [-0.25, -0.2) is 19.9 Å². The van der Waals surface area contributed by atoms with Gasteiger partial charge in [0.2, 0.25) is 11.8 Å². The van der Waals surface area contributed by atoms with E-state index in [1.54, 1.807) is 6.07 Å². The van der Waals surface area contributed by atoms with Crippen LogP contribution in [0.5, 0.6) is 5.88 Å². The zero-order valence-electron chi connectivity index (χ0n) is 19.1. The fraction of sp³-hybridized carbons (Fsp3) is 0.348. The Morgan fingerprint density at radius 2 is 2.14 bits per heavy atom. The minimum Gasteiger partial charge on any atom is -0.463 e. The third-order valence-electron chi connectivity index (χ3n) is 6.43. The van der Waals surface area contributed by atoms with Crippen molar-refractivity contribution in [2.24, 2.45) is 16.6 Å². The summed E-state index contributed by atoms with van der Waals surface area (Å²) in [6, 6.07) is 3.00. The minimum atomic E-state index is -4.87. The van der Waals surface area contributed by atoms with Gasteiger partial charge in [-0.3, -0.25) is 4.99 Å². The van der Waals surface area contributed by atoms with Crippen molar-refractivity contribution in [1.82, 2.24) is 19.9 Å². The van der Waals surface area contributed by atoms with Gasteiger partial charge < -0.3 is 20.9 Å². The number of fused-ring (bicyclic) bond motifs is 2. The lowest BCUT2D eigenvalue weighted by atomic mass is 9.86. The number of thioether (sulfide) groups is 1. The number of ether oxygens (including phenoxy) is 1. The quantitative estimate of drug-likeness (QED) is 0.248. The van der Waals surface area contributed by atoms with Gasteiger partial charge in [-0.2, -0.15) is 17.6 Å². The van der Waals surface area contributed by atoms with E-state index in [9.17, 15) is 18.3 Å². The maximum Gasteiger partial charge on any atom is 0.415 e. The molecule has 4 heterocycles. The average molecular weight is 534 g/mol. The summed E-state index contributed by atoms with van der Waals surface area (Å²) in [7, 11) is 0. The second-order valence-corrected chi connectivity index (χ2v) is 10.2. The molecule has 5 rings (SSSR count). The van der Waals surface area contributed by atoms with Crippen LogP contribution in [0.1, 0.15) is 18.9 Å². The van der Waals surface area contributed by atoms with Crippen LogP contribution >= 0.6 is 11.8 Å². The highest BCUT2D eigenvalue weighted by atomic mass is 32.2. The maximum absolute atomic E-state index is 15.0. The number of terminal acetylenes is 1. The zero-order chi connectivity index (χ0) is 26.6. The molecule has 3 aromatic heterocycles. The molecule has 2 aliphatic rings. The van der Waals surface area contributed by atoms with Crippen LogP contribution in [0.2, 0.25) is 0 Å². The predicted octanol–water partition coefficient (Wildman–Crippen LogP) is 3.27. The Balaban J connectivity index is 1.49. The van der Waals surface area contributed by atoms with Gasteiger partial charge in [0, 0.05) is 17.7 Å². The summed E-state index contributed by atoms with van der Waals surface area (Å²) in [4.78, 5) is 21.0. The molecule has 4 atom stereocenters. The molecule has 3 aromatic rings. The van der Waals surface area contributed by atoms with Gasteiger partial charge in [0.25, 0.3) is 0 Å². The highest BCUT2D eigenvalue weighted by molar-refractivity contribution is 8.15. The number of hydrogen-bond acceptors (Lipinski definition) is 10. The average Bonchev–Trinajstić information content (AvgIpc) is 3.59. The van der Waals surface area contributed by atoms with Crippen LogP contribution < -0.4 is 15.8 Å². The molecule has 0 amide bonds. The van der Waals surface area contributed by atoms with Crippen LogP contribution in [-0.4, -0.2) is 53.8 Å². The summed E-state index contributed by atoms with van der Waals surface area (Å²) < 4.78 is 58.9. The predicted molar refractivity (Wildman–Crippen MR) is 129 cm³/mol. The second-order valence-electron chi connectivity index (χ2n) is 8.77. The number of aliphatic imine (C=N–C) groups is 1. The van der Waals surface area contributed by atoms with Crippen LogP contribution in [0.4, 0.5) is 29.1 Å². The molecular weight excluding hydrogens is 514 g/mol. The summed E-state index contributed by atoms with van der Waals surface area (Å²) in [6.07, 6.45) is 1.68. The molecule has 0 unspecified atom stereocenters. The molecule has 0 spiro atoms. The molecule has 1 fully saturated rings. The Kier molecular flexibility index (Phi) is 5.87. The van der Waals surface area contributed by atoms with Crippen LogP contribution in [-0.2, 0) is 5.54 Å². The Morgan fingerprint density at radius 3 is 2.86 bits per heavy atom. The first-order valence-electron chi connectivity index (χ1n) is 10.9. The van der Waals surface area contributed by atoms with Gasteiger partial charge >= 0.3 is 6.18 Å². The molecule has 192 valence electrons. The Hall–Kier alpha value is -3.70. The lowest BCUT2D eigenvalue weighted by Crippen LogP contribution is -2.47. The van der Waals surface area contributed by atoms with Crippen molar-refractivity contribution in [3.05, 3.63) is 42.2 Å². The van der Waals surface area contributed by atoms with Gasteiger partial charge in [0.05, 0.1) is 33.9 Å². The molecule has 14 heteroatoms. The fourth-order valence-electron chi connectivity index (χ4n) is 4.67. The number of nitrogens with two attached hydrogens (primary N) is 1. The van der Waals surface area contributed by atoms with E-state index in [-0.39, 0.29) is 41.1 Å². The molecule has 4 N–H and O–H groups in total. The standard InChI is InChI=1S/C23H19F4N7O2S/c1-3-6-36-15-10-30-16-13(33-15)4-5-29-18(16)32-11-7-12(17(24)31-9-11)21(2)14-8-22(14,37-20(28)34-21)19(35)23(25,26)27/h1,4-5,7,9-10,14,19,35H,6,8H2,2H3,(H2,28,34)(H,29,32)/t14-,19-,21+,22+/m0/s1. The van der Waals surface area contributed by atoms with Crippen LogP contribution in [0.15, 0.2) is 35.7 Å². The van der Waals surface area contributed by atoms with E-state index in [0.29, 0.717) is 22.8 Å². The summed E-state index contributed by atoms with van der Waals surface area (Å²) in [5, 5.41) is 12.9. The molecule has 37 heavy (non-hydrogen) atoms. The smallest absolute Gasteiger partial charge is 0.415 e. The van der Waals surface area contributed by atoms with Crippen molar-refractivity contribution in [2.75, 3.05) is 11.9 Å². The van der Waals surface area contributed by atoms with Gasteiger partial charge in [0.1, 0.15) is 5.52 Å². The first-order chi connectivity index (χ1) is 17.5. The largest absolute Gasteiger partial charge is 0.463 e. The van der Waals surface area contributed by atoms with E-state index in [2.05, 4.69) is 36.2 Å². The normalized spacial score (nSPS) is 25.5. The number of pyridine rings is 2. The van der Waals surface area contributed by atoms with Crippen molar-refractivity contribution < 1.29 is 27.4 Å². The van der Waals surface area contributed by atoms with Crippen molar-refractivity contribution in [2.45, 2.75) is 35.9 Å². The number of anilines is 2. The van der Waals surface area contributed by atoms with Crippen molar-refractivity contribution in [1.29, 1.82) is 0 Å². The molecule has 0 saturated heterocycles. The molecule has 0 aromatic carbocycles. The Morgan fingerprint density at radius 1 is 1.35 bits per heavy atom. The number of hydrogen-bond donors (Lipinski definition) is 3. The lowest BCUT2D eigenvalue weighted by molar-refractivity contribution is -0.207. The van der Waals surface area contributed by atoms with E-state index in [1.807, 2.05) is 0 Å². The molecule has 1 aliphatic carbocycles. The maximum atomic E-state index is 15.0. The fourth-order valence-corrected chi connectivity index (χ4v) is 6.16. The first-order valence-corrected chi connectivity index (χ1v) is 11.7. The highest BCUT2D eigenvalue weighted by Gasteiger charge is 2.74. The van der Waals surface area contributed by atoms with Gasteiger partial charge in [-0.15, -0.1) is 6.42 Å². The molecule has 9 nitrogen and oxygen atoms in total. The topological polar surface area (TPSA) is 131 Å². The number of nitrogens with one attached hydrogen (secondary N) is 1. The summed E-state index contributed by atoms with van der Waals surface area (Å²) in [6.45, 7) is 1.51. The van der Waals surface area contributed by atoms with E-state index < -0.39 is 34.4 Å². The van der Waals surface area contributed by atoms with Crippen molar-refractivity contribution in [3.63, 3.8) is 0 Å². The number of aliphatic hydroxyl groups excluding tert-OH is 1. The van der Waals surface area contributed by atoms with E-state index in [1.165, 1.54) is 31.6 Å². The Labute approximate surface area is 212 Å². The van der Waals surface area contributed by atoms with Gasteiger partial charge in [-0.05, 0) is 25.5 Å². The molecule has 0 radical (unpaired) electrons. The lowest BCUT2D eigenvalue weighted by Gasteiger charge is -2.36. The summed E-state index contributed by atoms with van der Waals surface area (Å²) in [5.41, 5.74) is 5.41. The highest BCUT2D eigenvalue weighted by Crippen LogP contribution is 2.68. The summed E-state index contributed by atoms with van der Waals surface area (Å²) in [5.74, 6) is 1.08. The van der Waals surface area contributed by atoms with Crippen LogP contribution in [0.3, 0.4) is 0 Å². The Bertz CT molecular complexity index is 1460. The van der Waals surface area contributed by atoms with Crippen molar-refractivity contribution in [3.8, 4) is 18.2 Å².